The minimum Gasteiger partial charge on any atom is -0.368 e. The van der Waals surface area contributed by atoms with Gasteiger partial charge in [-0.05, 0) is 18.9 Å². The van der Waals surface area contributed by atoms with Gasteiger partial charge in [0.15, 0.2) is 0 Å². The Hall–Kier alpha value is -1.85. The van der Waals surface area contributed by atoms with Crippen molar-refractivity contribution in [1.82, 2.24) is 14.9 Å². The fraction of sp³-hybridized carbons (Fsp3) is 0.412. The molecule has 1 aliphatic heterocycles. The summed E-state index contributed by atoms with van der Waals surface area (Å²) in [5.74, 6) is 1.04. The molecule has 1 aliphatic rings. The summed E-state index contributed by atoms with van der Waals surface area (Å²) in [6.45, 7) is 6.20. The first-order valence-electron chi connectivity index (χ1n) is 7.95. The van der Waals surface area contributed by atoms with Crippen molar-refractivity contribution in [3.63, 3.8) is 0 Å². The highest BCUT2D eigenvalue weighted by atomic mass is 35.5. The first-order valence-corrected chi connectivity index (χ1v) is 8.32. The fourth-order valence-corrected chi connectivity index (χ4v) is 3.33. The number of nitrogen functional groups attached to an aromatic ring is 1. The highest BCUT2D eigenvalue weighted by Gasteiger charge is 2.23. The number of rotatable bonds is 3. The van der Waals surface area contributed by atoms with Crippen LogP contribution in [0, 0.1) is 0 Å². The Balaban J connectivity index is 1.72. The molecule has 2 aromatic rings. The van der Waals surface area contributed by atoms with Crippen LogP contribution in [0.3, 0.4) is 0 Å². The summed E-state index contributed by atoms with van der Waals surface area (Å²) in [5, 5.41) is 0.394. The van der Waals surface area contributed by atoms with Crippen LogP contribution >= 0.6 is 11.6 Å². The Morgan fingerprint density at radius 1 is 1.22 bits per heavy atom. The Bertz CT molecular complexity index is 628. The third kappa shape index (κ3) is 4.12. The molecule has 1 atom stereocenters. The monoisotopic (exact) mass is 331 g/mol. The van der Waals surface area contributed by atoms with Crippen LogP contribution in [0.2, 0.25) is 5.15 Å². The molecule has 1 aromatic heterocycles. The summed E-state index contributed by atoms with van der Waals surface area (Å²) in [4.78, 5) is 13.1. The molecule has 5 nitrogen and oxygen atoms in total. The standard InChI is InChI=1S/C17H22ClN5/c1-13-11-22(12-14-6-3-2-4-7-14)8-5-9-23(13)16-10-15(18)20-17(19)21-16/h2-4,6-7,10,13H,5,8-9,11-12H2,1H3,(H2,19,20,21). The highest BCUT2D eigenvalue weighted by Crippen LogP contribution is 2.22. The molecule has 6 heteroatoms. The molecule has 122 valence electrons. The maximum absolute atomic E-state index is 6.03. The Kier molecular flexibility index (Phi) is 4.98. The number of hydrogen-bond acceptors (Lipinski definition) is 5. The third-order valence-electron chi connectivity index (χ3n) is 4.17. The lowest BCUT2D eigenvalue weighted by molar-refractivity contribution is 0.268. The molecule has 0 amide bonds. The van der Waals surface area contributed by atoms with Gasteiger partial charge < -0.3 is 10.6 Å². The van der Waals surface area contributed by atoms with Gasteiger partial charge in [-0.2, -0.15) is 4.98 Å². The van der Waals surface area contributed by atoms with Gasteiger partial charge in [-0.3, -0.25) is 4.90 Å². The summed E-state index contributed by atoms with van der Waals surface area (Å²) in [5.41, 5.74) is 7.09. The maximum atomic E-state index is 6.03. The van der Waals surface area contributed by atoms with Gasteiger partial charge in [-0.15, -0.1) is 0 Å². The van der Waals surface area contributed by atoms with Gasteiger partial charge in [0.05, 0.1) is 0 Å². The van der Waals surface area contributed by atoms with Crippen LogP contribution in [-0.2, 0) is 6.54 Å². The van der Waals surface area contributed by atoms with Gasteiger partial charge in [0, 0.05) is 38.3 Å². The van der Waals surface area contributed by atoms with E-state index in [-0.39, 0.29) is 5.95 Å². The number of nitrogens with two attached hydrogens (primary N) is 1. The van der Waals surface area contributed by atoms with Gasteiger partial charge in [0.2, 0.25) is 5.95 Å². The molecule has 1 aromatic carbocycles. The molecule has 3 rings (SSSR count). The number of benzene rings is 1. The molecular formula is C17H22ClN5. The lowest BCUT2D eigenvalue weighted by atomic mass is 10.2. The molecule has 0 radical (unpaired) electrons. The van der Waals surface area contributed by atoms with Crippen molar-refractivity contribution in [2.75, 3.05) is 30.3 Å². The van der Waals surface area contributed by atoms with E-state index in [0.717, 1.165) is 38.4 Å². The number of hydrogen-bond donors (Lipinski definition) is 1. The Labute approximate surface area is 142 Å². The molecule has 1 saturated heterocycles. The van der Waals surface area contributed by atoms with Gasteiger partial charge >= 0.3 is 0 Å². The third-order valence-corrected chi connectivity index (χ3v) is 4.36. The summed E-state index contributed by atoms with van der Waals surface area (Å²) in [6, 6.07) is 12.7. The molecule has 0 saturated carbocycles. The van der Waals surface area contributed by atoms with Crippen LogP contribution in [0.1, 0.15) is 18.9 Å². The molecule has 2 heterocycles. The fourth-order valence-electron chi connectivity index (χ4n) is 3.14. The quantitative estimate of drug-likeness (QED) is 0.876. The largest absolute Gasteiger partial charge is 0.368 e. The van der Waals surface area contributed by atoms with E-state index >= 15 is 0 Å². The van der Waals surface area contributed by atoms with E-state index in [2.05, 4.69) is 57.0 Å². The molecule has 0 aliphatic carbocycles. The van der Waals surface area contributed by atoms with Crippen molar-refractivity contribution in [1.29, 1.82) is 0 Å². The first-order chi connectivity index (χ1) is 11.1. The van der Waals surface area contributed by atoms with Crippen molar-refractivity contribution in [2.45, 2.75) is 25.9 Å². The smallest absolute Gasteiger partial charge is 0.223 e. The summed E-state index contributed by atoms with van der Waals surface area (Å²) in [6.07, 6.45) is 1.08. The zero-order valence-corrected chi connectivity index (χ0v) is 14.1. The lowest BCUT2D eigenvalue weighted by Gasteiger charge is -2.30. The van der Waals surface area contributed by atoms with Crippen LogP contribution in [0.4, 0.5) is 11.8 Å². The zero-order valence-electron chi connectivity index (χ0n) is 13.3. The molecular weight excluding hydrogens is 310 g/mol. The van der Waals surface area contributed by atoms with E-state index in [1.165, 1.54) is 5.56 Å². The average Bonchev–Trinajstić information content (AvgIpc) is 2.68. The number of halogens is 1. The number of nitrogens with zero attached hydrogens (tertiary/aromatic N) is 4. The van der Waals surface area contributed by atoms with E-state index in [1.54, 1.807) is 6.07 Å². The average molecular weight is 332 g/mol. The predicted molar refractivity (Wildman–Crippen MR) is 94.6 cm³/mol. The Morgan fingerprint density at radius 2 is 2.00 bits per heavy atom. The molecule has 23 heavy (non-hydrogen) atoms. The van der Waals surface area contributed by atoms with E-state index in [0.29, 0.717) is 11.2 Å². The van der Waals surface area contributed by atoms with E-state index in [4.69, 9.17) is 17.3 Å². The van der Waals surface area contributed by atoms with Crippen LogP contribution < -0.4 is 10.6 Å². The normalized spacial score (nSPS) is 19.6. The molecule has 1 fully saturated rings. The zero-order chi connectivity index (χ0) is 16.2. The van der Waals surface area contributed by atoms with Gasteiger partial charge in [0.1, 0.15) is 11.0 Å². The maximum Gasteiger partial charge on any atom is 0.223 e. The van der Waals surface area contributed by atoms with Crippen LogP contribution in [-0.4, -0.2) is 40.5 Å². The predicted octanol–water partition coefficient (Wildman–Crippen LogP) is 2.81. The first kappa shape index (κ1) is 16.0. The summed E-state index contributed by atoms with van der Waals surface area (Å²) in [7, 11) is 0. The number of anilines is 2. The van der Waals surface area contributed by atoms with E-state index in [9.17, 15) is 0 Å². The van der Waals surface area contributed by atoms with Crippen molar-refractivity contribution in [3.8, 4) is 0 Å². The molecule has 0 spiro atoms. The second-order valence-corrected chi connectivity index (χ2v) is 6.41. The summed E-state index contributed by atoms with van der Waals surface area (Å²) < 4.78 is 0. The minimum absolute atomic E-state index is 0.227. The number of aromatic nitrogens is 2. The highest BCUT2D eigenvalue weighted by molar-refractivity contribution is 6.29. The van der Waals surface area contributed by atoms with Gasteiger partial charge in [-0.25, -0.2) is 4.98 Å². The van der Waals surface area contributed by atoms with Crippen molar-refractivity contribution in [3.05, 3.63) is 47.1 Å². The van der Waals surface area contributed by atoms with Crippen molar-refractivity contribution < 1.29 is 0 Å². The van der Waals surface area contributed by atoms with Crippen LogP contribution in [0.5, 0.6) is 0 Å². The van der Waals surface area contributed by atoms with E-state index < -0.39 is 0 Å². The SMILES string of the molecule is CC1CN(Cc2ccccc2)CCCN1c1cc(Cl)nc(N)n1. The Morgan fingerprint density at radius 3 is 2.74 bits per heavy atom. The van der Waals surface area contributed by atoms with E-state index in [1.807, 2.05) is 0 Å². The second-order valence-electron chi connectivity index (χ2n) is 6.02. The van der Waals surface area contributed by atoms with Gasteiger partial charge in [-0.1, -0.05) is 41.9 Å². The molecule has 2 N–H and O–H groups in total. The van der Waals surface area contributed by atoms with Crippen molar-refractivity contribution in [2.24, 2.45) is 0 Å². The molecule has 1 unspecified atom stereocenters. The summed E-state index contributed by atoms with van der Waals surface area (Å²) >= 11 is 6.03. The van der Waals surface area contributed by atoms with Crippen LogP contribution in [0.15, 0.2) is 36.4 Å². The van der Waals surface area contributed by atoms with Crippen LogP contribution in [0.25, 0.3) is 0 Å². The topological polar surface area (TPSA) is 58.3 Å². The second kappa shape index (κ2) is 7.15. The minimum atomic E-state index is 0.227. The lowest BCUT2D eigenvalue weighted by Crippen LogP contribution is -2.39. The molecule has 0 bridgehead atoms. The van der Waals surface area contributed by atoms with Gasteiger partial charge in [0.25, 0.3) is 0 Å². The van der Waals surface area contributed by atoms with Crippen molar-refractivity contribution >= 4 is 23.4 Å².